The predicted molar refractivity (Wildman–Crippen MR) is 105 cm³/mol. The topological polar surface area (TPSA) is 72.7 Å². The van der Waals surface area contributed by atoms with Crippen LogP contribution in [0.3, 0.4) is 0 Å². The number of thiophene rings is 1. The van der Waals surface area contributed by atoms with E-state index in [1.54, 1.807) is 49.0 Å². The lowest BCUT2D eigenvalue weighted by Crippen LogP contribution is -2.26. The summed E-state index contributed by atoms with van der Waals surface area (Å²) in [6.45, 7) is 0.247. The molecule has 140 valence electrons. The van der Waals surface area contributed by atoms with Crippen LogP contribution in [0, 0.1) is 5.82 Å². The first kappa shape index (κ1) is 18.0. The molecular weight excluding hydrogens is 377 g/mol. The van der Waals surface area contributed by atoms with Crippen molar-refractivity contribution in [1.29, 1.82) is 0 Å². The standard InChI is InChI=1S/C20H16FN5OS/c1-26-17(11-15(25-26)13-4-6-14(21)7-5-13)20(27)24-12-16-19(23-9-8-22-16)18-3-2-10-28-18/h2-11H,12H2,1H3,(H,24,27). The van der Waals surface area contributed by atoms with Crippen molar-refractivity contribution >= 4 is 17.2 Å². The maximum Gasteiger partial charge on any atom is 0.269 e. The first-order valence-corrected chi connectivity index (χ1v) is 9.42. The van der Waals surface area contributed by atoms with Gasteiger partial charge in [0, 0.05) is 25.0 Å². The van der Waals surface area contributed by atoms with Gasteiger partial charge in [-0.3, -0.25) is 19.4 Å². The summed E-state index contributed by atoms with van der Waals surface area (Å²) in [5.41, 5.74) is 3.20. The van der Waals surface area contributed by atoms with Crippen LogP contribution in [0.5, 0.6) is 0 Å². The van der Waals surface area contributed by atoms with Crippen molar-refractivity contribution in [3.05, 3.63) is 77.4 Å². The molecule has 0 aliphatic carbocycles. The second kappa shape index (κ2) is 7.69. The highest BCUT2D eigenvalue weighted by Crippen LogP contribution is 2.25. The summed E-state index contributed by atoms with van der Waals surface area (Å²) in [5, 5.41) is 9.20. The number of hydrogen-bond acceptors (Lipinski definition) is 5. The molecule has 3 heterocycles. The number of hydrogen-bond donors (Lipinski definition) is 1. The minimum atomic E-state index is -0.317. The lowest BCUT2D eigenvalue weighted by molar-refractivity contribution is 0.0941. The Morgan fingerprint density at radius 1 is 1.18 bits per heavy atom. The second-order valence-electron chi connectivity index (χ2n) is 6.06. The van der Waals surface area contributed by atoms with Gasteiger partial charge < -0.3 is 5.32 Å². The molecule has 0 aliphatic heterocycles. The molecule has 0 fully saturated rings. The smallest absolute Gasteiger partial charge is 0.269 e. The summed E-state index contributed by atoms with van der Waals surface area (Å²) in [4.78, 5) is 22.4. The Morgan fingerprint density at radius 2 is 1.96 bits per heavy atom. The zero-order valence-corrected chi connectivity index (χ0v) is 15.8. The van der Waals surface area contributed by atoms with E-state index >= 15 is 0 Å². The molecular formula is C20H16FN5OS. The van der Waals surface area contributed by atoms with E-state index in [9.17, 15) is 9.18 Å². The van der Waals surface area contributed by atoms with Crippen molar-refractivity contribution in [2.24, 2.45) is 7.05 Å². The molecule has 1 aromatic carbocycles. The molecule has 4 aromatic rings. The van der Waals surface area contributed by atoms with Crippen molar-refractivity contribution in [3.63, 3.8) is 0 Å². The van der Waals surface area contributed by atoms with Gasteiger partial charge in [0.15, 0.2) is 0 Å². The fraction of sp³-hybridized carbons (Fsp3) is 0.100. The van der Waals surface area contributed by atoms with Gasteiger partial charge in [0.1, 0.15) is 17.2 Å². The average molecular weight is 393 g/mol. The minimum Gasteiger partial charge on any atom is -0.345 e. The van der Waals surface area contributed by atoms with E-state index in [-0.39, 0.29) is 18.3 Å². The van der Waals surface area contributed by atoms with E-state index in [1.807, 2.05) is 17.5 Å². The minimum absolute atomic E-state index is 0.247. The summed E-state index contributed by atoms with van der Waals surface area (Å²) in [5.74, 6) is -0.589. The number of carbonyl (C=O) groups is 1. The van der Waals surface area contributed by atoms with Gasteiger partial charge in [0.05, 0.1) is 22.8 Å². The van der Waals surface area contributed by atoms with Gasteiger partial charge in [-0.05, 0) is 41.8 Å². The van der Waals surface area contributed by atoms with Crippen LogP contribution in [0.25, 0.3) is 21.8 Å². The zero-order valence-electron chi connectivity index (χ0n) is 15.0. The Hall–Kier alpha value is -3.39. The largest absolute Gasteiger partial charge is 0.345 e. The number of halogens is 1. The van der Waals surface area contributed by atoms with Crippen molar-refractivity contribution < 1.29 is 9.18 Å². The molecule has 0 radical (unpaired) electrons. The molecule has 3 aromatic heterocycles. The number of nitrogens with zero attached hydrogens (tertiary/aromatic N) is 4. The van der Waals surface area contributed by atoms with Gasteiger partial charge in [-0.15, -0.1) is 11.3 Å². The molecule has 0 saturated heterocycles. The third-order valence-corrected chi connectivity index (χ3v) is 5.07. The van der Waals surface area contributed by atoms with Crippen molar-refractivity contribution in [2.45, 2.75) is 6.54 Å². The Bertz CT molecular complexity index is 1110. The highest BCUT2D eigenvalue weighted by Gasteiger charge is 2.16. The fourth-order valence-electron chi connectivity index (χ4n) is 2.81. The summed E-state index contributed by atoms with van der Waals surface area (Å²) >= 11 is 1.57. The highest BCUT2D eigenvalue weighted by molar-refractivity contribution is 7.13. The SMILES string of the molecule is Cn1nc(-c2ccc(F)cc2)cc1C(=O)NCc1nccnc1-c1cccs1. The number of amides is 1. The summed E-state index contributed by atoms with van der Waals surface area (Å²) in [6, 6.07) is 11.6. The van der Waals surface area contributed by atoms with E-state index in [0.29, 0.717) is 17.1 Å². The van der Waals surface area contributed by atoms with Gasteiger partial charge >= 0.3 is 0 Å². The van der Waals surface area contributed by atoms with Crippen LogP contribution >= 0.6 is 11.3 Å². The molecule has 0 unspecified atom stereocenters. The van der Waals surface area contributed by atoms with E-state index < -0.39 is 0 Å². The molecule has 1 amide bonds. The second-order valence-corrected chi connectivity index (χ2v) is 7.00. The van der Waals surface area contributed by atoms with Crippen molar-refractivity contribution in [2.75, 3.05) is 0 Å². The first-order chi connectivity index (χ1) is 13.6. The fourth-order valence-corrected chi connectivity index (χ4v) is 3.55. The Kier molecular flexibility index (Phi) is 4.94. The normalized spacial score (nSPS) is 10.8. The molecule has 0 bridgehead atoms. The molecule has 8 heteroatoms. The number of rotatable bonds is 5. The maximum absolute atomic E-state index is 13.1. The zero-order chi connectivity index (χ0) is 19.5. The third kappa shape index (κ3) is 3.67. The predicted octanol–water partition coefficient (Wildman–Crippen LogP) is 3.67. The lowest BCUT2D eigenvalue weighted by Gasteiger charge is -2.07. The quantitative estimate of drug-likeness (QED) is 0.561. The molecule has 0 spiro atoms. The van der Waals surface area contributed by atoms with Crippen LogP contribution in [0.15, 0.2) is 60.2 Å². The van der Waals surface area contributed by atoms with Gasteiger partial charge in [-0.25, -0.2) is 4.39 Å². The summed E-state index contributed by atoms with van der Waals surface area (Å²) in [7, 11) is 1.70. The average Bonchev–Trinajstić information content (AvgIpc) is 3.37. The van der Waals surface area contributed by atoms with E-state index in [1.165, 1.54) is 16.8 Å². The van der Waals surface area contributed by atoms with Gasteiger partial charge in [0.2, 0.25) is 0 Å². The van der Waals surface area contributed by atoms with Crippen molar-refractivity contribution in [3.8, 4) is 21.8 Å². The molecule has 0 atom stereocenters. The van der Waals surface area contributed by atoms with Crippen LogP contribution in [0.2, 0.25) is 0 Å². The Labute approximate surface area is 164 Å². The molecule has 0 aliphatic rings. The van der Waals surface area contributed by atoms with Crippen LogP contribution in [-0.4, -0.2) is 25.7 Å². The number of carbonyl (C=O) groups excluding carboxylic acids is 1. The van der Waals surface area contributed by atoms with Crippen LogP contribution in [0.1, 0.15) is 16.2 Å². The number of aryl methyl sites for hydroxylation is 1. The lowest BCUT2D eigenvalue weighted by atomic mass is 10.1. The summed E-state index contributed by atoms with van der Waals surface area (Å²) in [6.07, 6.45) is 3.24. The Balaban J connectivity index is 1.52. The van der Waals surface area contributed by atoms with Gasteiger partial charge in [-0.2, -0.15) is 5.10 Å². The number of nitrogens with one attached hydrogen (secondary N) is 1. The molecule has 0 saturated carbocycles. The van der Waals surface area contributed by atoms with Crippen LogP contribution in [0.4, 0.5) is 4.39 Å². The maximum atomic E-state index is 13.1. The highest BCUT2D eigenvalue weighted by atomic mass is 32.1. The molecule has 1 N–H and O–H groups in total. The monoisotopic (exact) mass is 393 g/mol. The number of aromatic nitrogens is 4. The van der Waals surface area contributed by atoms with Gasteiger partial charge in [-0.1, -0.05) is 6.07 Å². The van der Waals surface area contributed by atoms with Crippen LogP contribution in [-0.2, 0) is 13.6 Å². The number of benzene rings is 1. The van der Waals surface area contributed by atoms with Crippen molar-refractivity contribution in [1.82, 2.24) is 25.1 Å². The van der Waals surface area contributed by atoms with E-state index in [0.717, 1.165) is 16.1 Å². The molecule has 4 rings (SSSR count). The molecule has 28 heavy (non-hydrogen) atoms. The molecule has 6 nitrogen and oxygen atoms in total. The first-order valence-electron chi connectivity index (χ1n) is 8.54. The van der Waals surface area contributed by atoms with Gasteiger partial charge in [0.25, 0.3) is 5.91 Å². The van der Waals surface area contributed by atoms with Crippen LogP contribution < -0.4 is 5.32 Å². The Morgan fingerprint density at radius 3 is 2.71 bits per heavy atom. The van der Waals surface area contributed by atoms with E-state index in [4.69, 9.17) is 0 Å². The van der Waals surface area contributed by atoms with E-state index in [2.05, 4.69) is 20.4 Å². The third-order valence-electron chi connectivity index (χ3n) is 4.20. The summed E-state index contributed by atoms with van der Waals surface area (Å²) < 4.78 is 14.6.